The number of benzene rings is 2. The number of rotatable bonds is 6. The molecule has 1 N–H and O–H groups in total. The summed E-state index contributed by atoms with van der Waals surface area (Å²) in [5, 5.41) is 0.681. The predicted octanol–water partition coefficient (Wildman–Crippen LogP) is 4.95. The normalized spacial score (nSPS) is 17.5. The molecule has 1 amide bonds. The molecule has 13 heteroatoms. The summed E-state index contributed by atoms with van der Waals surface area (Å²) in [5.74, 6) is -1.06. The molecule has 7 rings (SSSR count). The molecule has 1 saturated carbocycles. The van der Waals surface area contributed by atoms with Gasteiger partial charge in [-0.05, 0) is 51.2 Å². The number of carbonyl (C=O) groups excluding carboxylic acids is 1. The van der Waals surface area contributed by atoms with Crippen LogP contribution in [0.2, 0.25) is 0 Å². The zero-order valence-electron chi connectivity index (χ0n) is 24.3. The van der Waals surface area contributed by atoms with E-state index in [1.807, 2.05) is 19.0 Å². The Bertz CT molecular complexity index is 1930. The van der Waals surface area contributed by atoms with Gasteiger partial charge in [0.1, 0.15) is 16.5 Å². The van der Waals surface area contributed by atoms with Crippen LogP contribution in [0.5, 0.6) is 0 Å². The highest BCUT2D eigenvalue weighted by Crippen LogP contribution is 2.55. The van der Waals surface area contributed by atoms with Crippen molar-refractivity contribution in [3.63, 3.8) is 0 Å². The van der Waals surface area contributed by atoms with E-state index >= 15 is 4.39 Å². The molecule has 0 atom stereocenters. The van der Waals surface area contributed by atoms with Gasteiger partial charge in [0.25, 0.3) is 10.0 Å². The Morgan fingerprint density at radius 3 is 2.41 bits per heavy atom. The summed E-state index contributed by atoms with van der Waals surface area (Å²) < 4.78 is 59.5. The molecule has 4 heterocycles. The minimum Gasteiger partial charge on any atom is -0.352 e. The summed E-state index contributed by atoms with van der Waals surface area (Å²) in [6.07, 6.45) is 5.51. The van der Waals surface area contributed by atoms with E-state index in [1.165, 1.54) is 36.5 Å². The average molecular weight is 641 g/mol. The number of likely N-dealkylation sites (N-methyl/N-ethyl adjacent to an activating group) is 2. The van der Waals surface area contributed by atoms with Gasteiger partial charge in [0.15, 0.2) is 5.82 Å². The van der Waals surface area contributed by atoms with Crippen LogP contribution in [0.4, 0.5) is 26.0 Å². The Labute approximate surface area is 260 Å². The van der Waals surface area contributed by atoms with Gasteiger partial charge in [-0.3, -0.25) is 14.5 Å². The van der Waals surface area contributed by atoms with Crippen LogP contribution in [0.3, 0.4) is 0 Å². The first kappa shape index (κ1) is 30.2. The van der Waals surface area contributed by atoms with Gasteiger partial charge in [-0.2, -0.15) is 0 Å². The largest absolute Gasteiger partial charge is 0.352 e. The Kier molecular flexibility index (Phi) is 7.29. The number of hydrogen-bond acceptors (Lipinski definition) is 7. The van der Waals surface area contributed by atoms with E-state index in [9.17, 15) is 17.6 Å². The molecule has 1 saturated heterocycles. The summed E-state index contributed by atoms with van der Waals surface area (Å²) >= 11 is 0. The van der Waals surface area contributed by atoms with Crippen molar-refractivity contribution in [3.05, 3.63) is 72.1 Å². The summed E-state index contributed by atoms with van der Waals surface area (Å²) in [7, 11) is 1.33. The Hall–Kier alpha value is -3.87. The number of anilines is 3. The van der Waals surface area contributed by atoms with E-state index in [1.54, 1.807) is 24.2 Å². The zero-order chi connectivity index (χ0) is 30.3. The fourth-order valence-corrected chi connectivity index (χ4v) is 7.59. The number of amides is 1. The highest BCUT2D eigenvalue weighted by Gasteiger charge is 2.54. The number of fused-ring (bicyclic) bond motifs is 4. The van der Waals surface area contributed by atoms with Gasteiger partial charge in [-0.1, -0.05) is 18.6 Å². The van der Waals surface area contributed by atoms with Gasteiger partial charge in [0, 0.05) is 60.5 Å². The van der Waals surface area contributed by atoms with Gasteiger partial charge >= 0.3 is 0 Å². The van der Waals surface area contributed by atoms with Crippen molar-refractivity contribution in [3.8, 4) is 11.1 Å². The Balaban J connectivity index is 0.00000343. The molecule has 2 aliphatic heterocycles. The lowest BCUT2D eigenvalue weighted by Crippen LogP contribution is -2.57. The second-order valence-corrected chi connectivity index (χ2v) is 13.5. The number of nitrogens with zero attached hydrogens (tertiary/aromatic N) is 5. The number of aromatic nitrogens is 2. The summed E-state index contributed by atoms with van der Waals surface area (Å²) in [4.78, 5) is 27.4. The van der Waals surface area contributed by atoms with E-state index in [-0.39, 0.29) is 35.6 Å². The van der Waals surface area contributed by atoms with Crippen molar-refractivity contribution >= 4 is 56.4 Å². The van der Waals surface area contributed by atoms with E-state index < -0.39 is 32.0 Å². The highest BCUT2D eigenvalue weighted by atomic mass is 35.5. The van der Waals surface area contributed by atoms with Crippen LogP contribution < -0.4 is 14.5 Å². The molecule has 230 valence electrons. The first-order chi connectivity index (χ1) is 20.5. The molecule has 0 bridgehead atoms. The third kappa shape index (κ3) is 4.50. The SMILES string of the molecule is CN1C(=O)C2(CCC2)c2c1cnc1cc(F)c(-c3cnc(N4CC(N(C)C)C4)c(NS(=O)(=O)c4ccccc4F)c3)cc21.Cl. The molecule has 2 fully saturated rings. The zero-order valence-corrected chi connectivity index (χ0v) is 26.0. The van der Waals surface area contributed by atoms with E-state index in [4.69, 9.17) is 0 Å². The van der Waals surface area contributed by atoms with Crippen molar-refractivity contribution < 1.29 is 22.0 Å². The van der Waals surface area contributed by atoms with E-state index in [0.29, 0.717) is 35.4 Å². The molecule has 0 radical (unpaired) electrons. The summed E-state index contributed by atoms with van der Waals surface area (Å²) in [6, 6.07) is 9.93. The van der Waals surface area contributed by atoms with Crippen molar-refractivity contribution in [2.24, 2.45) is 0 Å². The lowest BCUT2D eigenvalue weighted by molar-refractivity contribution is -0.125. The maximum absolute atomic E-state index is 15.7. The second kappa shape index (κ2) is 10.6. The van der Waals surface area contributed by atoms with Crippen LogP contribution >= 0.6 is 12.4 Å². The standard InChI is InChI=1S/C31H30F2N6O3S.ClH/c1-37(2)19-16-39(17-19)29-25(36-43(41,42)27-8-5-4-7-22(27)32)11-18(14-35-29)20-12-21-24(13-23(20)33)34-15-26-28(21)31(9-6-10-31)30(40)38(26)3;/h4-5,7-8,11-15,19,36H,6,9-10,16-17H2,1-3H3;1H. The number of halogens is 3. The molecule has 0 unspecified atom stereocenters. The maximum Gasteiger partial charge on any atom is 0.264 e. The molecule has 1 aliphatic carbocycles. The predicted molar refractivity (Wildman–Crippen MR) is 168 cm³/mol. The second-order valence-electron chi connectivity index (χ2n) is 11.8. The van der Waals surface area contributed by atoms with Crippen LogP contribution in [0.1, 0.15) is 24.8 Å². The third-order valence-electron chi connectivity index (χ3n) is 9.14. The first-order valence-corrected chi connectivity index (χ1v) is 15.6. The Morgan fingerprint density at radius 2 is 1.75 bits per heavy atom. The van der Waals surface area contributed by atoms with E-state index in [2.05, 4.69) is 19.6 Å². The molecule has 2 aromatic carbocycles. The summed E-state index contributed by atoms with van der Waals surface area (Å²) in [5.41, 5.74) is 2.02. The topological polar surface area (TPSA) is 98.7 Å². The van der Waals surface area contributed by atoms with Gasteiger partial charge in [-0.15, -0.1) is 12.4 Å². The van der Waals surface area contributed by atoms with Gasteiger partial charge in [-0.25, -0.2) is 22.2 Å². The molecule has 9 nitrogen and oxygen atoms in total. The van der Waals surface area contributed by atoms with Crippen molar-refractivity contribution in [1.29, 1.82) is 0 Å². The smallest absolute Gasteiger partial charge is 0.264 e. The van der Waals surface area contributed by atoms with Crippen molar-refractivity contribution in [1.82, 2.24) is 14.9 Å². The first-order valence-electron chi connectivity index (χ1n) is 14.1. The number of nitrogens with one attached hydrogen (secondary N) is 1. The van der Waals surface area contributed by atoms with Crippen LogP contribution in [-0.2, 0) is 20.2 Å². The molecular weight excluding hydrogens is 610 g/mol. The summed E-state index contributed by atoms with van der Waals surface area (Å²) in [6.45, 7) is 1.22. The third-order valence-corrected chi connectivity index (χ3v) is 10.5. The number of hydrogen-bond donors (Lipinski definition) is 1. The van der Waals surface area contributed by atoms with Crippen LogP contribution in [0.15, 0.2) is 59.8 Å². The van der Waals surface area contributed by atoms with Gasteiger partial charge in [0.05, 0.1) is 28.5 Å². The molecule has 3 aliphatic rings. The lowest BCUT2D eigenvalue weighted by atomic mass is 9.64. The quantitative estimate of drug-likeness (QED) is 0.319. The van der Waals surface area contributed by atoms with Gasteiger partial charge in [0.2, 0.25) is 5.91 Å². The molecule has 2 aromatic heterocycles. The minimum atomic E-state index is -4.34. The molecule has 4 aromatic rings. The number of sulfonamides is 1. The van der Waals surface area contributed by atoms with Crippen molar-refractivity contribution in [2.45, 2.75) is 35.6 Å². The number of carbonyl (C=O) groups is 1. The molecule has 1 spiro atoms. The minimum absolute atomic E-state index is 0. The Morgan fingerprint density at radius 1 is 1.02 bits per heavy atom. The monoisotopic (exact) mass is 640 g/mol. The highest BCUT2D eigenvalue weighted by molar-refractivity contribution is 7.92. The van der Waals surface area contributed by atoms with E-state index in [0.717, 1.165) is 36.6 Å². The maximum atomic E-state index is 15.7. The van der Waals surface area contributed by atoms with Crippen molar-refractivity contribution in [2.75, 3.05) is 48.8 Å². The fraction of sp³-hybridized carbons (Fsp3) is 0.323. The van der Waals surface area contributed by atoms with Crippen LogP contribution in [0.25, 0.3) is 22.0 Å². The fourth-order valence-electron chi connectivity index (χ4n) is 6.46. The van der Waals surface area contributed by atoms with Crippen LogP contribution in [-0.4, -0.2) is 69.5 Å². The molecule has 44 heavy (non-hydrogen) atoms. The number of pyridine rings is 2. The van der Waals surface area contributed by atoms with Crippen LogP contribution in [0, 0.1) is 11.6 Å². The lowest BCUT2D eigenvalue weighted by Gasteiger charge is -2.44. The average Bonchev–Trinajstić information content (AvgIpc) is 3.15. The van der Waals surface area contributed by atoms with Gasteiger partial charge < -0.3 is 14.7 Å². The molecular formula is C31H31ClF2N6O3S.